The van der Waals surface area contributed by atoms with E-state index in [-0.39, 0.29) is 30.6 Å². The number of hydrogen-bond acceptors (Lipinski definition) is 5. The van der Waals surface area contributed by atoms with Crippen molar-refractivity contribution in [3.63, 3.8) is 0 Å². The molecule has 1 N–H and O–H groups in total. The van der Waals surface area contributed by atoms with E-state index < -0.39 is 29.6 Å². The largest absolute Gasteiger partial charge is 0.443 e. The zero-order valence-corrected chi connectivity index (χ0v) is 18.1. The summed E-state index contributed by atoms with van der Waals surface area (Å²) in [5.74, 6) is -1.09. The standard InChI is InChI=1S/C23H33NO5/c1-15(2)11-17-13-19(21(27)24(17)22(28)29-23(3,4)5)20(26)14-18(25)12-16-9-7-6-8-10-16/h6-10,15,17,19-20,26H,11-14H2,1-5H3/t17-,19+,20+/m0/s1. The van der Waals surface area contributed by atoms with E-state index in [1.807, 2.05) is 44.2 Å². The molecule has 2 rings (SSSR count). The molecule has 0 spiro atoms. The lowest BCUT2D eigenvalue weighted by Gasteiger charge is -2.28. The third-order valence-corrected chi connectivity index (χ3v) is 4.92. The number of likely N-dealkylation sites (tertiary alicyclic amines) is 1. The first-order valence-electron chi connectivity index (χ1n) is 10.3. The lowest BCUT2D eigenvalue weighted by Crippen LogP contribution is -2.44. The molecule has 1 aliphatic rings. The number of imide groups is 1. The molecule has 0 unspecified atom stereocenters. The lowest BCUT2D eigenvalue weighted by molar-refractivity contribution is -0.134. The Bertz CT molecular complexity index is 723. The Morgan fingerprint density at radius 2 is 1.83 bits per heavy atom. The second-order valence-corrected chi connectivity index (χ2v) is 9.29. The third-order valence-electron chi connectivity index (χ3n) is 4.92. The summed E-state index contributed by atoms with van der Waals surface area (Å²) in [7, 11) is 0. The molecule has 1 aromatic rings. The van der Waals surface area contributed by atoms with Crippen molar-refractivity contribution in [1.82, 2.24) is 4.90 Å². The van der Waals surface area contributed by atoms with Gasteiger partial charge in [0.05, 0.1) is 12.0 Å². The van der Waals surface area contributed by atoms with Crippen LogP contribution < -0.4 is 0 Å². The molecule has 0 aromatic heterocycles. The monoisotopic (exact) mass is 403 g/mol. The fourth-order valence-corrected chi connectivity index (χ4v) is 3.75. The van der Waals surface area contributed by atoms with Crippen molar-refractivity contribution in [3.05, 3.63) is 35.9 Å². The van der Waals surface area contributed by atoms with E-state index in [0.717, 1.165) is 10.5 Å². The second kappa shape index (κ2) is 9.53. The Kier molecular flexibility index (Phi) is 7.58. The number of amides is 2. The molecule has 1 aliphatic heterocycles. The summed E-state index contributed by atoms with van der Waals surface area (Å²) >= 11 is 0. The summed E-state index contributed by atoms with van der Waals surface area (Å²) in [5.41, 5.74) is 0.151. The van der Waals surface area contributed by atoms with Crippen molar-refractivity contribution in [1.29, 1.82) is 0 Å². The lowest BCUT2D eigenvalue weighted by atomic mass is 9.91. The van der Waals surface area contributed by atoms with Crippen LogP contribution in [-0.4, -0.2) is 45.5 Å². The minimum absolute atomic E-state index is 0.109. The Morgan fingerprint density at radius 1 is 1.21 bits per heavy atom. The number of aliphatic hydroxyl groups excluding tert-OH is 1. The molecular formula is C23H33NO5. The number of aliphatic hydroxyl groups is 1. The van der Waals surface area contributed by atoms with Crippen molar-refractivity contribution in [3.8, 4) is 0 Å². The van der Waals surface area contributed by atoms with Crippen molar-refractivity contribution in [2.75, 3.05) is 0 Å². The minimum Gasteiger partial charge on any atom is -0.443 e. The van der Waals surface area contributed by atoms with Gasteiger partial charge < -0.3 is 9.84 Å². The molecule has 0 aliphatic carbocycles. The SMILES string of the molecule is CC(C)C[C@H]1C[C@H]([C@H](O)CC(=O)Cc2ccccc2)C(=O)N1C(=O)OC(C)(C)C. The zero-order valence-electron chi connectivity index (χ0n) is 18.1. The van der Waals surface area contributed by atoms with Gasteiger partial charge in [-0.2, -0.15) is 0 Å². The van der Waals surface area contributed by atoms with E-state index in [9.17, 15) is 19.5 Å². The number of hydrogen-bond donors (Lipinski definition) is 1. The van der Waals surface area contributed by atoms with Crippen LogP contribution in [0.4, 0.5) is 4.79 Å². The van der Waals surface area contributed by atoms with Crippen molar-refractivity contribution < 1.29 is 24.2 Å². The van der Waals surface area contributed by atoms with Gasteiger partial charge in [-0.05, 0) is 45.1 Å². The number of rotatable bonds is 7. The molecule has 1 saturated heterocycles. The summed E-state index contributed by atoms with van der Waals surface area (Å²) < 4.78 is 5.41. The second-order valence-electron chi connectivity index (χ2n) is 9.29. The smallest absolute Gasteiger partial charge is 0.417 e. The summed E-state index contributed by atoms with van der Waals surface area (Å²) in [5, 5.41) is 10.6. The number of ketones is 1. The quantitative estimate of drug-likeness (QED) is 0.750. The van der Waals surface area contributed by atoms with E-state index in [1.165, 1.54) is 0 Å². The number of ether oxygens (including phenoxy) is 1. The first-order chi connectivity index (χ1) is 13.5. The number of benzene rings is 1. The van der Waals surface area contributed by atoms with E-state index in [0.29, 0.717) is 12.8 Å². The summed E-state index contributed by atoms with van der Waals surface area (Å²) in [6.45, 7) is 9.28. The van der Waals surface area contributed by atoms with Gasteiger partial charge in [0.1, 0.15) is 11.4 Å². The normalized spacial score (nSPS) is 20.8. The molecule has 29 heavy (non-hydrogen) atoms. The van der Waals surface area contributed by atoms with Crippen LogP contribution >= 0.6 is 0 Å². The van der Waals surface area contributed by atoms with E-state index in [4.69, 9.17) is 4.74 Å². The number of Topliss-reactive ketones (excluding diaryl/α,β-unsaturated/α-hetero) is 1. The highest BCUT2D eigenvalue weighted by atomic mass is 16.6. The van der Waals surface area contributed by atoms with Gasteiger partial charge in [0.2, 0.25) is 5.91 Å². The molecule has 6 nitrogen and oxygen atoms in total. The molecule has 6 heteroatoms. The Labute approximate surface area is 173 Å². The third kappa shape index (κ3) is 6.67. The van der Waals surface area contributed by atoms with Crippen molar-refractivity contribution in [2.24, 2.45) is 11.8 Å². The highest BCUT2D eigenvalue weighted by molar-refractivity contribution is 5.96. The summed E-state index contributed by atoms with van der Waals surface area (Å²) in [6, 6.07) is 8.96. The molecular weight excluding hydrogens is 370 g/mol. The average Bonchev–Trinajstić information content (AvgIpc) is 2.89. The summed E-state index contributed by atoms with van der Waals surface area (Å²) in [6.07, 6.45) is -0.715. The topological polar surface area (TPSA) is 83.9 Å². The van der Waals surface area contributed by atoms with Crippen LogP contribution in [0.3, 0.4) is 0 Å². The number of carbonyl (C=O) groups excluding carboxylic acids is 3. The first kappa shape index (κ1) is 23.1. The van der Waals surface area contributed by atoms with Crippen LogP contribution in [0.2, 0.25) is 0 Å². The van der Waals surface area contributed by atoms with Gasteiger partial charge in [0, 0.05) is 18.9 Å². The van der Waals surface area contributed by atoms with Gasteiger partial charge in [0.25, 0.3) is 0 Å². The van der Waals surface area contributed by atoms with Crippen LogP contribution in [0.5, 0.6) is 0 Å². The molecule has 1 heterocycles. The van der Waals surface area contributed by atoms with Crippen LogP contribution in [0.15, 0.2) is 30.3 Å². The Morgan fingerprint density at radius 3 is 2.38 bits per heavy atom. The van der Waals surface area contributed by atoms with Gasteiger partial charge in [-0.3, -0.25) is 9.59 Å². The van der Waals surface area contributed by atoms with E-state index in [2.05, 4.69) is 0 Å². The molecule has 0 radical (unpaired) electrons. The molecule has 2 amide bonds. The van der Waals surface area contributed by atoms with Gasteiger partial charge in [-0.25, -0.2) is 9.69 Å². The first-order valence-corrected chi connectivity index (χ1v) is 10.3. The number of carbonyl (C=O) groups is 3. The minimum atomic E-state index is -1.11. The molecule has 1 aromatic carbocycles. The maximum atomic E-state index is 13.0. The van der Waals surface area contributed by atoms with E-state index >= 15 is 0 Å². The van der Waals surface area contributed by atoms with Crippen molar-refractivity contribution in [2.45, 2.75) is 78.0 Å². The number of nitrogens with zero attached hydrogens (tertiary/aromatic N) is 1. The Hall–Kier alpha value is -2.21. The molecule has 0 saturated carbocycles. The fraction of sp³-hybridized carbons (Fsp3) is 0.609. The predicted molar refractivity (Wildman–Crippen MR) is 110 cm³/mol. The average molecular weight is 404 g/mol. The fourth-order valence-electron chi connectivity index (χ4n) is 3.75. The van der Waals surface area contributed by atoms with Gasteiger partial charge in [-0.1, -0.05) is 44.2 Å². The van der Waals surface area contributed by atoms with Crippen LogP contribution in [0, 0.1) is 11.8 Å². The summed E-state index contributed by atoms with van der Waals surface area (Å²) in [4.78, 5) is 39.1. The highest BCUT2D eigenvalue weighted by Crippen LogP contribution is 2.33. The maximum absolute atomic E-state index is 13.0. The van der Waals surface area contributed by atoms with Gasteiger partial charge in [0.15, 0.2) is 0 Å². The van der Waals surface area contributed by atoms with Gasteiger partial charge in [-0.15, -0.1) is 0 Å². The molecule has 160 valence electrons. The van der Waals surface area contributed by atoms with Crippen LogP contribution in [0.1, 0.15) is 59.4 Å². The van der Waals surface area contributed by atoms with Gasteiger partial charge >= 0.3 is 6.09 Å². The molecule has 3 atom stereocenters. The van der Waals surface area contributed by atoms with Crippen LogP contribution in [0.25, 0.3) is 0 Å². The predicted octanol–water partition coefficient (Wildman–Crippen LogP) is 3.75. The maximum Gasteiger partial charge on any atom is 0.417 e. The zero-order chi connectivity index (χ0) is 21.8. The molecule has 1 fully saturated rings. The Balaban J connectivity index is 2.08. The van der Waals surface area contributed by atoms with Crippen LogP contribution in [-0.2, 0) is 20.7 Å². The highest BCUT2D eigenvalue weighted by Gasteiger charge is 2.47. The van der Waals surface area contributed by atoms with Crippen molar-refractivity contribution >= 4 is 17.8 Å². The molecule has 0 bridgehead atoms. The van der Waals surface area contributed by atoms with E-state index in [1.54, 1.807) is 20.8 Å².